The second-order valence-electron chi connectivity index (χ2n) is 1.95. The van der Waals surface area contributed by atoms with E-state index >= 15 is 0 Å². The van der Waals surface area contributed by atoms with E-state index in [1.807, 2.05) is 6.19 Å². The molecule has 2 N–H and O–H groups in total. The Morgan fingerprint density at radius 1 is 1.75 bits per heavy atom. The van der Waals surface area contributed by atoms with Crippen LogP contribution in [0.3, 0.4) is 0 Å². The summed E-state index contributed by atoms with van der Waals surface area (Å²) in [6.45, 7) is 1.98. The van der Waals surface area contributed by atoms with Crippen molar-refractivity contribution in [1.82, 2.24) is 10.6 Å². The largest absolute Gasteiger partial charge is 0.319 e. The van der Waals surface area contributed by atoms with Crippen LogP contribution in [0.5, 0.6) is 0 Å². The number of nitrogens with one attached hydrogen (secondary N) is 2. The van der Waals surface area contributed by atoms with Crippen LogP contribution >= 0.6 is 0 Å². The molecule has 1 aliphatic rings. The van der Waals surface area contributed by atoms with Gasteiger partial charge in [-0.1, -0.05) is 0 Å². The molecule has 8 heavy (non-hydrogen) atoms. The van der Waals surface area contributed by atoms with Gasteiger partial charge in [-0.3, -0.25) is 0 Å². The van der Waals surface area contributed by atoms with Gasteiger partial charge in [-0.25, -0.2) is 0 Å². The second-order valence-corrected chi connectivity index (χ2v) is 1.95. The summed E-state index contributed by atoms with van der Waals surface area (Å²) >= 11 is 0. The minimum Gasteiger partial charge on any atom is -0.319 e. The van der Waals surface area contributed by atoms with E-state index < -0.39 is 0 Å². The zero-order chi connectivity index (χ0) is 5.82. The van der Waals surface area contributed by atoms with Gasteiger partial charge in [-0.2, -0.15) is 5.26 Å². The number of nitriles is 1. The van der Waals surface area contributed by atoms with Crippen molar-refractivity contribution in [3.63, 3.8) is 0 Å². The molecule has 0 amide bonds. The second kappa shape index (κ2) is 2.53. The van der Waals surface area contributed by atoms with Crippen LogP contribution in [0.4, 0.5) is 0 Å². The highest BCUT2D eigenvalue weighted by atomic mass is 15.0. The molecule has 1 saturated heterocycles. The molecule has 1 heterocycles. The van der Waals surface area contributed by atoms with Gasteiger partial charge in [0.05, 0.1) is 0 Å². The first-order valence-electron chi connectivity index (χ1n) is 2.79. The third-order valence-corrected chi connectivity index (χ3v) is 1.33. The molecule has 44 valence electrons. The third kappa shape index (κ3) is 1.11. The molecule has 0 aromatic rings. The van der Waals surface area contributed by atoms with E-state index in [1.165, 1.54) is 0 Å². The van der Waals surface area contributed by atoms with E-state index in [9.17, 15) is 0 Å². The molecule has 1 aliphatic heterocycles. The fourth-order valence-electron chi connectivity index (χ4n) is 0.869. The highest BCUT2D eigenvalue weighted by Crippen LogP contribution is 1.94. The first kappa shape index (κ1) is 5.39. The molecule has 0 aliphatic carbocycles. The van der Waals surface area contributed by atoms with Gasteiger partial charge in [-0.05, 0) is 13.0 Å². The number of nitrogens with zero attached hydrogens (tertiary/aromatic N) is 1. The van der Waals surface area contributed by atoms with Crippen molar-refractivity contribution in [2.75, 3.05) is 13.1 Å². The SMILES string of the molecule is N#CNC1CCNC1. The van der Waals surface area contributed by atoms with Gasteiger partial charge in [0.1, 0.15) is 0 Å². The van der Waals surface area contributed by atoms with E-state index in [0.29, 0.717) is 6.04 Å². The molecule has 1 atom stereocenters. The minimum atomic E-state index is 0.389. The Kier molecular flexibility index (Phi) is 1.70. The van der Waals surface area contributed by atoms with Crippen LogP contribution in [0, 0.1) is 11.5 Å². The highest BCUT2D eigenvalue weighted by molar-refractivity contribution is 4.82. The maximum atomic E-state index is 8.14. The van der Waals surface area contributed by atoms with Crippen LogP contribution in [0.25, 0.3) is 0 Å². The molecule has 0 radical (unpaired) electrons. The van der Waals surface area contributed by atoms with E-state index in [4.69, 9.17) is 5.26 Å². The van der Waals surface area contributed by atoms with Crippen molar-refractivity contribution in [1.29, 1.82) is 5.26 Å². The first-order valence-corrected chi connectivity index (χ1v) is 2.79. The van der Waals surface area contributed by atoms with Gasteiger partial charge < -0.3 is 10.6 Å². The molecule has 0 aromatic carbocycles. The lowest BCUT2D eigenvalue weighted by Crippen LogP contribution is -2.26. The topological polar surface area (TPSA) is 47.9 Å². The normalized spacial score (nSPS) is 27.1. The standard InChI is InChI=1S/C5H9N3/c6-4-8-5-1-2-7-3-5/h5,7-8H,1-3H2. The number of rotatable bonds is 1. The Hall–Kier alpha value is -0.750. The fraction of sp³-hybridized carbons (Fsp3) is 0.800. The molecule has 0 bridgehead atoms. The van der Waals surface area contributed by atoms with Crippen molar-refractivity contribution in [2.24, 2.45) is 0 Å². The van der Waals surface area contributed by atoms with Crippen molar-refractivity contribution in [3.05, 3.63) is 0 Å². The predicted octanol–water partition coefficient (Wildman–Crippen LogP) is -0.581. The van der Waals surface area contributed by atoms with E-state index in [2.05, 4.69) is 10.6 Å². The summed E-state index contributed by atoms with van der Waals surface area (Å²) in [7, 11) is 0. The number of hydrogen-bond acceptors (Lipinski definition) is 3. The molecular formula is C5H9N3. The molecule has 3 nitrogen and oxygen atoms in total. The van der Waals surface area contributed by atoms with Gasteiger partial charge in [0.15, 0.2) is 6.19 Å². The smallest absolute Gasteiger partial charge is 0.176 e. The lowest BCUT2D eigenvalue weighted by atomic mass is 10.3. The van der Waals surface area contributed by atoms with Crippen molar-refractivity contribution in [2.45, 2.75) is 12.5 Å². The van der Waals surface area contributed by atoms with Gasteiger partial charge in [0, 0.05) is 12.6 Å². The summed E-state index contributed by atoms with van der Waals surface area (Å²) in [6.07, 6.45) is 3.00. The van der Waals surface area contributed by atoms with Crippen molar-refractivity contribution >= 4 is 0 Å². The molecule has 1 rings (SSSR count). The quantitative estimate of drug-likeness (QED) is 0.351. The molecular weight excluding hydrogens is 102 g/mol. The molecule has 1 fully saturated rings. The van der Waals surface area contributed by atoms with Crippen LogP contribution in [0.15, 0.2) is 0 Å². The fourth-order valence-corrected chi connectivity index (χ4v) is 0.869. The molecule has 0 spiro atoms. The Morgan fingerprint density at radius 3 is 3.12 bits per heavy atom. The van der Waals surface area contributed by atoms with Crippen LogP contribution in [-0.4, -0.2) is 19.1 Å². The van der Waals surface area contributed by atoms with Crippen molar-refractivity contribution < 1.29 is 0 Å². The first-order chi connectivity index (χ1) is 3.93. The highest BCUT2D eigenvalue weighted by Gasteiger charge is 2.11. The van der Waals surface area contributed by atoms with E-state index in [0.717, 1.165) is 19.5 Å². The van der Waals surface area contributed by atoms with Gasteiger partial charge in [0.25, 0.3) is 0 Å². The number of hydrogen-bond donors (Lipinski definition) is 2. The van der Waals surface area contributed by atoms with E-state index in [-0.39, 0.29) is 0 Å². The lowest BCUT2D eigenvalue weighted by Gasteiger charge is -2.01. The zero-order valence-corrected chi connectivity index (χ0v) is 4.65. The summed E-state index contributed by atoms with van der Waals surface area (Å²) in [5, 5.41) is 14.0. The van der Waals surface area contributed by atoms with Crippen LogP contribution in [-0.2, 0) is 0 Å². The minimum absolute atomic E-state index is 0.389. The molecule has 1 unspecified atom stereocenters. The third-order valence-electron chi connectivity index (χ3n) is 1.33. The van der Waals surface area contributed by atoms with E-state index in [1.54, 1.807) is 0 Å². The molecule has 3 heteroatoms. The predicted molar refractivity (Wildman–Crippen MR) is 30.0 cm³/mol. The summed E-state index contributed by atoms with van der Waals surface area (Å²) in [5.41, 5.74) is 0. The summed E-state index contributed by atoms with van der Waals surface area (Å²) in [5.74, 6) is 0. The zero-order valence-electron chi connectivity index (χ0n) is 4.65. The van der Waals surface area contributed by atoms with Crippen LogP contribution < -0.4 is 10.6 Å². The Bertz CT molecular complexity index is 98.7. The van der Waals surface area contributed by atoms with Crippen LogP contribution in [0.1, 0.15) is 6.42 Å². The Balaban J connectivity index is 2.17. The Labute approximate surface area is 48.7 Å². The monoisotopic (exact) mass is 111 g/mol. The molecule has 0 saturated carbocycles. The summed E-state index contributed by atoms with van der Waals surface area (Å²) < 4.78 is 0. The maximum Gasteiger partial charge on any atom is 0.176 e. The van der Waals surface area contributed by atoms with Gasteiger partial charge >= 0.3 is 0 Å². The average molecular weight is 111 g/mol. The van der Waals surface area contributed by atoms with Crippen molar-refractivity contribution in [3.8, 4) is 6.19 Å². The average Bonchev–Trinajstić information content (AvgIpc) is 2.19. The summed E-state index contributed by atoms with van der Waals surface area (Å²) in [4.78, 5) is 0. The summed E-state index contributed by atoms with van der Waals surface area (Å²) in [6, 6.07) is 0.389. The van der Waals surface area contributed by atoms with Crippen LogP contribution in [0.2, 0.25) is 0 Å². The lowest BCUT2D eigenvalue weighted by molar-refractivity contribution is 0.648. The molecule has 0 aromatic heterocycles. The van der Waals surface area contributed by atoms with Gasteiger partial charge in [-0.15, -0.1) is 0 Å². The maximum absolute atomic E-state index is 8.14. The Morgan fingerprint density at radius 2 is 2.62 bits per heavy atom. The van der Waals surface area contributed by atoms with Gasteiger partial charge in [0.2, 0.25) is 0 Å².